The third-order valence-electron chi connectivity index (χ3n) is 4.13. The van der Waals surface area contributed by atoms with E-state index in [4.69, 9.17) is 0 Å². The Morgan fingerprint density at radius 1 is 1.05 bits per heavy atom. The molecule has 2 aromatic rings. The van der Waals surface area contributed by atoms with E-state index in [2.05, 4.69) is 22.3 Å². The third kappa shape index (κ3) is 3.70. The zero-order valence-electron chi connectivity index (χ0n) is 12.4. The van der Waals surface area contributed by atoms with E-state index in [0.717, 1.165) is 32.1 Å². The highest BCUT2D eigenvalue weighted by Crippen LogP contribution is 2.15. The lowest BCUT2D eigenvalue weighted by atomic mass is 10.2. The van der Waals surface area contributed by atoms with Crippen molar-refractivity contribution >= 4 is 0 Å². The number of nitrogens with one attached hydrogen (secondary N) is 1. The van der Waals surface area contributed by atoms with Gasteiger partial charge in [0.2, 0.25) is 0 Å². The molecule has 1 unspecified atom stereocenters. The van der Waals surface area contributed by atoms with Gasteiger partial charge in [-0.1, -0.05) is 42.5 Å². The Morgan fingerprint density at radius 2 is 1.86 bits per heavy atom. The number of rotatable bonds is 5. The van der Waals surface area contributed by atoms with Gasteiger partial charge in [-0.15, -0.1) is 0 Å². The molecular formula is C18H20F2N2. The molecule has 0 aromatic heterocycles. The summed E-state index contributed by atoms with van der Waals surface area (Å²) in [6, 6.07) is 15.0. The van der Waals surface area contributed by atoms with Crippen molar-refractivity contribution in [3.63, 3.8) is 0 Å². The summed E-state index contributed by atoms with van der Waals surface area (Å²) < 4.78 is 26.8. The second kappa shape index (κ2) is 6.99. The van der Waals surface area contributed by atoms with E-state index in [1.54, 1.807) is 12.1 Å². The fourth-order valence-electron chi connectivity index (χ4n) is 2.92. The zero-order chi connectivity index (χ0) is 15.4. The first-order valence-corrected chi connectivity index (χ1v) is 7.65. The second-order valence-electron chi connectivity index (χ2n) is 5.80. The van der Waals surface area contributed by atoms with Crippen LogP contribution in [0.15, 0.2) is 48.5 Å². The fourth-order valence-corrected chi connectivity index (χ4v) is 2.92. The number of hydrogen-bond donors (Lipinski definition) is 1. The molecule has 1 N–H and O–H groups in total. The summed E-state index contributed by atoms with van der Waals surface area (Å²) in [4.78, 5) is 2.38. The predicted octanol–water partition coefficient (Wildman–Crippen LogP) is 3.33. The minimum atomic E-state index is -0.781. The molecule has 2 aromatic carbocycles. The Labute approximate surface area is 129 Å². The van der Waals surface area contributed by atoms with Crippen molar-refractivity contribution in [3.05, 3.63) is 71.3 Å². The molecule has 0 saturated carbocycles. The maximum absolute atomic E-state index is 13.6. The van der Waals surface area contributed by atoms with Gasteiger partial charge in [0, 0.05) is 37.8 Å². The summed E-state index contributed by atoms with van der Waals surface area (Å²) in [5.74, 6) is -1.52. The van der Waals surface area contributed by atoms with E-state index in [1.807, 2.05) is 18.2 Å². The summed E-state index contributed by atoms with van der Waals surface area (Å²) in [7, 11) is 0. The first-order valence-electron chi connectivity index (χ1n) is 7.65. The SMILES string of the molecule is Fc1cccc(CNC2CCN(Cc3ccccc3)C2)c1F. The molecule has 4 heteroatoms. The van der Waals surface area contributed by atoms with Gasteiger partial charge >= 0.3 is 0 Å². The topological polar surface area (TPSA) is 15.3 Å². The Hall–Kier alpha value is -1.78. The molecule has 0 amide bonds. The molecule has 3 rings (SSSR count). The average Bonchev–Trinajstić information content (AvgIpc) is 2.97. The van der Waals surface area contributed by atoms with Crippen LogP contribution in [-0.2, 0) is 13.1 Å². The first kappa shape index (κ1) is 15.1. The second-order valence-corrected chi connectivity index (χ2v) is 5.80. The lowest BCUT2D eigenvalue weighted by Crippen LogP contribution is -2.32. The van der Waals surface area contributed by atoms with Crippen LogP contribution in [0.25, 0.3) is 0 Å². The lowest BCUT2D eigenvalue weighted by molar-refractivity contribution is 0.319. The van der Waals surface area contributed by atoms with Crippen LogP contribution in [0.5, 0.6) is 0 Å². The highest BCUT2D eigenvalue weighted by molar-refractivity contribution is 5.19. The smallest absolute Gasteiger partial charge is 0.163 e. The van der Waals surface area contributed by atoms with Gasteiger partial charge in [0.15, 0.2) is 11.6 Å². The van der Waals surface area contributed by atoms with Crippen molar-refractivity contribution in [2.75, 3.05) is 13.1 Å². The molecule has 1 aliphatic rings. The van der Waals surface area contributed by atoms with Crippen LogP contribution >= 0.6 is 0 Å². The number of halogens is 2. The standard InChI is InChI=1S/C18H20F2N2/c19-17-8-4-7-15(18(17)20)11-21-16-9-10-22(13-16)12-14-5-2-1-3-6-14/h1-8,16,21H,9-13H2. The van der Waals surface area contributed by atoms with Gasteiger partial charge < -0.3 is 5.32 Å². The molecule has 1 fully saturated rings. The summed E-state index contributed by atoms with van der Waals surface area (Å²) in [6.07, 6.45) is 1.03. The highest BCUT2D eigenvalue weighted by atomic mass is 19.2. The van der Waals surface area contributed by atoms with Gasteiger partial charge in [0.25, 0.3) is 0 Å². The van der Waals surface area contributed by atoms with Crippen molar-refractivity contribution in [2.45, 2.75) is 25.6 Å². The van der Waals surface area contributed by atoms with Crippen LogP contribution in [0.4, 0.5) is 8.78 Å². The van der Waals surface area contributed by atoms with Crippen LogP contribution in [-0.4, -0.2) is 24.0 Å². The van der Waals surface area contributed by atoms with Crippen molar-refractivity contribution < 1.29 is 8.78 Å². The zero-order valence-corrected chi connectivity index (χ0v) is 12.4. The molecule has 1 aliphatic heterocycles. The van der Waals surface area contributed by atoms with E-state index < -0.39 is 11.6 Å². The van der Waals surface area contributed by atoms with E-state index in [1.165, 1.54) is 5.56 Å². The quantitative estimate of drug-likeness (QED) is 0.911. The van der Waals surface area contributed by atoms with Gasteiger partial charge in [-0.25, -0.2) is 8.78 Å². The summed E-state index contributed by atoms with van der Waals surface area (Å²) in [6.45, 7) is 3.27. The minimum absolute atomic E-state index is 0.325. The third-order valence-corrected chi connectivity index (χ3v) is 4.13. The maximum Gasteiger partial charge on any atom is 0.163 e. The Balaban J connectivity index is 1.50. The van der Waals surface area contributed by atoms with Gasteiger partial charge in [-0.2, -0.15) is 0 Å². The predicted molar refractivity (Wildman–Crippen MR) is 83.3 cm³/mol. The number of nitrogens with zero attached hydrogens (tertiary/aromatic N) is 1. The monoisotopic (exact) mass is 302 g/mol. The molecule has 1 atom stereocenters. The Bertz CT molecular complexity index is 616. The molecule has 1 saturated heterocycles. The molecule has 0 spiro atoms. The number of benzene rings is 2. The Morgan fingerprint density at radius 3 is 2.68 bits per heavy atom. The largest absolute Gasteiger partial charge is 0.308 e. The van der Waals surface area contributed by atoms with E-state index in [-0.39, 0.29) is 0 Å². The molecule has 2 nitrogen and oxygen atoms in total. The molecule has 22 heavy (non-hydrogen) atoms. The molecule has 0 radical (unpaired) electrons. The van der Waals surface area contributed by atoms with Gasteiger partial charge in [0.1, 0.15) is 0 Å². The van der Waals surface area contributed by atoms with E-state index in [9.17, 15) is 8.78 Å². The van der Waals surface area contributed by atoms with Crippen molar-refractivity contribution in [2.24, 2.45) is 0 Å². The molecule has 0 aliphatic carbocycles. The summed E-state index contributed by atoms with van der Waals surface area (Å²) in [5, 5.41) is 3.33. The van der Waals surface area contributed by atoms with Crippen LogP contribution < -0.4 is 5.32 Å². The van der Waals surface area contributed by atoms with Gasteiger partial charge in [-0.3, -0.25) is 4.90 Å². The minimum Gasteiger partial charge on any atom is -0.308 e. The van der Waals surface area contributed by atoms with Gasteiger partial charge in [-0.05, 0) is 18.1 Å². The molecule has 0 bridgehead atoms. The fraction of sp³-hybridized carbons (Fsp3) is 0.333. The maximum atomic E-state index is 13.6. The van der Waals surface area contributed by atoms with Gasteiger partial charge in [0.05, 0.1) is 0 Å². The average molecular weight is 302 g/mol. The van der Waals surface area contributed by atoms with E-state index >= 15 is 0 Å². The summed E-state index contributed by atoms with van der Waals surface area (Å²) >= 11 is 0. The first-order chi connectivity index (χ1) is 10.7. The lowest BCUT2D eigenvalue weighted by Gasteiger charge is -2.17. The van der Waals surface area contributed by atoms with E-state index in [0.29, 0.717) is 18.2 Å². The molecule has 1 heterocycles. The van der Waals surface area contributed by atoms with Crippen LogP contribution in [0.2, 0.25) is 0 Å². The van der Waals surface area contributed by atoms with Crippen LogP contribution in [0.3, 0.4) is 0 Å². The number of hydrogen-bond acceptors (Lipinski definition) is 2. The normalized spacial score (nSPS) is 18.7. The Kier molecular flexibility index (Phi) is 4.80. The van der Waals surface area contributed by atoms with Crippen LogP contribution in [0, 0.1) is 11.6 Å². The van der Waals surface area contributed by atoms with Crippen molar-refractivity contribution in [3.8, 4) is 0 Å². The highest BCUT2D eigenvalue weighted by Gasteiger charge is 2.22. The molecular weight excluding hydrogens is 282 g/mol. The van der Waals surface area contributed by atoms with Crippen molar-refractivity contribution in [1.29, 1.82) is 0 Å². The van der Waals surface area contributed by atoms with Crippen LogP contribution in [0.1, 0.15) is 17.5 Å². The number of likely N-dealkylation sites (tertiary alicyclic amines) is 1. The molecule has 116 valence electrons. The summed E-state index contributed by atoms with van der Waals surface area (Å²) in [5.41, 5.74) is 1.70. The van der Waals surface area contributed by atoms with Crippen molar-refractivity contribution in [1.82, 2.24) is 10.2 Å².